The van der Waals surface area contributed by atoms with E-state index in [0.717, 1.165) is 5.69 Å². The molecule has 72 valence electrons. The zero-order valence-electron chi connectivity index (χ0n) is 8.49. The third kappa shape index (κ3) is 1.43. The summed E-state index contributed by atoms with van der Waals surface area (Å²) >= 11 is 0. The summed E-state index contributed by atoms with van der Waals surface area (Å²) in [6.07, 6.45) is 1.86. The minimum absolute atomic E-state index is 0.0265. The number of hydrogen-bond donors (Lipinski definition) is 1. The maximum absolute atomic E-state index is 4.24. The van der Waals surface area contributed by atoms with Gasteiger partial charge in [0.15, 0.2) is 0 Å². The number of benzene rings is 1. The van der Waals surface area contributed by atoms with Gasteiger partial charge in [-0.15, -0.1) is 0 Å². The van der Waals surface area contributed by atoms with E-state index in [1.54, 1.807) is 0 Å². The smallest absolute Gasteiger partial charge is 0.0722 e. The highest BCUT2D eigenvalue weighted by atomic mass is 15.1. The second-order valence-corrected chi connectivity index (χ2v) is 3.95. The molecule has 1 heterocycles. The fraction of sp³-hybridized carbons (Fsp3) is 0.250. The maximum atomic E-state index is 4.24. The Kier molecular flexibility index (Phi) is 2.12. The van der Waals surface area contributed by atoms with E-state index < -0.39 is 0 Å². The molecule has 0 radical (unpaired) electrons. The Morgan fingerprint density at radius 3 is 2.36 bits per heavy atom. The van der Waals surface area contributed by atoms with Crippen LogP contribution in [0.1, 0.15) is 25.1 Å². The molecule has 0 aliphatic heterocycles. The van der Waals surface area contributed by atoms with Gasteiger partial charge in [0.1, 0.15) is 0 Å². The van der Waals surface area contributed by atoms with E-state index in [1.807, 2.05) is 18.3 Å². The number of H-pyrrole nitrogens is 1. The third-order valence-corrected chi connectivity index (χ3v) is 2.64. The van der Waals surface area contributed by atoms with Crippen molar-refractivity contribution < 1.29 is 0 Å². The number of nitrogens with zero attached hydrogens (tertiary/aromatic N) is 1. The van der Waals surface area contributed by atoms with Crippen molar-refractivity contribution in [3.05, 3.63) is 53.9 Å². The Morgan fingerprint density at radius 2 is 1.79 bits per heavy atom. The van der Waals surface area contributed by atoms with Crippen LogP contribution in [0.3, 0.4) is 0 Å². The second kappa shape index (κ2) is 3.29. The van der Waals surface area contributed by atoms with Crippen LogP contribution in [0.2, 0.25) is 0 Å². The topological polar surface area (TPSA) is 28.7 Å². The van der Waals surface area contributed by atoms with Crippen LogP contribution in [0.4, 0.5) is 0 Å². The maximum Gasteiger partial charge on any atom is 0.0722 e. The Morgan fingerprint density at radius 1 is 1.07 bits per heavy atom. The van der Waals surface area contributed by atoms with Crippen LogP contribution >= 0.6 is 0 Å². The molecular weight excluding hydrogens is 172 g/mol. The quantitative estimate of drug-likeness (QED) is 0.767. The molecule has 2 rings (SSSR count). The van der Waals surface area contributed by atoms with Gasteiger partial charge in [0.2, 0.25) is 0 Å². The summed E-state index contributed by atoms with van der Waals surface area (Å²) in [5.74, 6) is 0. The predicted octanol–water partition coefficient (Wildman–Crippen LogP) is 2.74. The number of aromatic nitrogens is 2. The molecule has 0 aliphatic carbocycles. The summed E-state index contributed by atoms with van der Waals surface area (Å²) in [6.45, 7) is 4.36. The van der Waals surface area contributed by atoms with Crippen LogP contribution in [-0.2, 0) is 5.41 Å². The minimum atomic E-state index is -0.0265. The Bertz CT molecular complexity index is 388. The van der Waals surface area contributed by atoms with Gasteiger partial charge in [0, 0.05) is 11.6 Å². The molecule has 0 atom stereocenters. The van der Waals surface area contributed by atoms with E-state index in [1.165, 1.54) is 5.56 Å². The Hall–Kier alpha value is -1.57. The lowest BCUT2D eigenvalue weighted by atomic mass is 9.82. The summed E-state index contributed by atoms with van der Waals surface area (Å²) in [6, 6.07) is 12.4. The van der Waals surface area contributed by atoms with Crippen molar-refractivity contribution in [1.82, 2.24) is 10.2 Å². The third-order valence-electron chi connectivity index (χ3n) is 2.64. The zero-order valence-corrected chi connectivity index (χ0v) is 8.49. The molecule has 1 N–H and O–H groups in total. The SMILES string of the molecule is CC(C)(c1ccccc1)c1cc[nH]n1. The van der Waals surface area contributed by atoms with Gasteiger partial charge < -0.3 is 0 Å². The van der Waals surface area contributed by atoms with Crippen LogP contribution in [0, 0.1) is 0 Å². The zero-order chi connectivity index (χ0) is 10.0. The number of nitrogens with one attached hydrogen (secondary N) is 1. The Balaban J connectivity index is 2.43. The van der Waals surface area contributed by atoms with Crippen molar-refractivity contribution in [3.8, 4) is 0 Å². The first-order chi connectivity index (χ1) is 6.71. The van der Waals surface area contributed by atoms with Crippen molar-refractivity contribution in [2.75, 3.05) is 0 Å². The van der Waals surface area contributed by atoms with Gasteiger partial charge in [0.05, 0.1) is 5.69 Å². The molecule has 2 aromatic rings. The summed E-state index contributed by atoms with van der Waals surface area (Å²) < 4.78 is 0. The second-order valence-electron chi connectivity index (χ2n) is 3.95. The van der Waals surface area contributed by atoms with E-state index in [-0.39, 0.29) is 5.41 Å². The van der Waals surface area contributed by atoms with Crippen molar-refractivity contribution in [1.29, 1.82) is 0 Å². The lowest BCUT2D eigenvalue weighted by Crippen LogP contribution is -2.19. The van der Waals surface area contributed by atoms with Crippen molar-refractivity contribution in [2.24, 2.45) is 0 Å². The first-order valence-corrected chi connectivity index (χ1v) is 4.77. The molecule has 0 saturated heterocycles. The molecule has 1 aromatic carbocycles. The molecule has 1 aromatic heterocycles. The monoisotopic (exact) mass is 186 g/mol. The van der Waals surface area contributed by atoms with Gasteiger partial charge in [0.25, 0.3) is 0 Å². The normalized spacial score (nSPS) is 11.6. The first kappa shape index (κ1) is 9.00. The fourth-order valence-corrected chi connectivity index (χ4v) is 1.61. The van der Waals surface area contributed by atoms with Crippen molar-refractivity contribution in [2.45, 2.75) is 19.3 Å². The molecular formula is C12H14N2. The van der Waals surface area contributed by atoms with Crippen molar-refractivity contribution in [3.63, 3.8) is 0 Å². The van der Waals surface area contributed by atoms with Gasteiger partial charge in [-0.2, -0.15) is 5.10 Å². The molecule has 0 saturated carbocycles. The average Bonchev–Trinajstić information content (AvgIpc) is 2.72. The molecule has 2 nitrogen and oxygen atoms in total. The van der Waals surface area contributed by atoms with E-state index in [0.29, 0.717) is 0 Å². The van der Waals surface area contributed by atoms with E-state index in [9.17, 15) is 0 Å². The highest BCUT2D eigenvalue weighted by molar-refractivity contribution is 5.32. The van der Waals surface area contributed by atoms with Crippen LogP contribution in [0.5, 0.6) is 0 Å². The molecule has 0 unspecified atom stereocenters. The van der Waals surface area contributed by atoms with Gasteiger partial charge >= 0.3 is 0 Å². The number of hydrogen-bond acceptors (Lipinski definition) is 1. The first-order valence-electron chi connectivity index (χ1n) is 4.77. The molecule has 14 heavy (non-hydrogen) atoms. The van der Waals surface area contributed by atoms with Crippen LogP contribution in [-0.4, -0.2) is 10.2 Å². The number of aromatic amines is 1. The van der Waals surface area contributed by atoms with Gasteiger partial charge in [-0.1, -0.05) is 44.2 Å². The lowest BCUT2D eigenvalue weighted by molar-refractivity contribution is 0.614. The Labute approximate surface area is 84.0 Å². The molecule has 2 heteroatoms. The molecule has 0 amide bonds. The fourth-order valence-electron chi connectivity index (χ4n) is 1.61. The average molecular weight is 186 g/mol. The summed E-state index contributed by atoms with van der Waals surface area (Å²) in [5, 5.41) is 7.09. The summed E-state index contributed by atoms with van der Waals surface area (Å²) in [5.41, 5.74) is 2.33. The minimum Gasteiger partial charge on any atom is -0.285 e. The summed E-state index contributed by atoms with van der Waals surface area (Å²) in [7, 11) is 0. The standard InChI is InChI=1S/C12H14N2/c1-12(2,11-8-9-13-14-11)10-6-4-3-5-7-10/h3-9H,1-2H3,(H,13,14). The van der Waals surface area contributed by atoms with Gasteiger partial charge in [-0.05, 0) is 11.6 Å². The van der Waals surface area contributed by atoms with Crippen LogP contribution in [0.25, 0.3) is 0 Å². The molecule has 0 fully saturated rings. The van der Waals surface area contributed by atoms with Gasteiger partial charge in [-0.25, -0.2) is 0 Å². The highest BCUT2D eigenvalue weighted by Gasteiger charge is 2.24. The van der Waals surface area contributed by atoms with E-state index in [2.05, 4.69) is 48.3 Å². The predicted molar refractivity (Wildman–Crippen MR) is 57.2 cm³/mol. The summed E-state index contributed by atoms with van der Waals surface area (Å²) in [4.78, 5) is 0. The highest BCUT2D eigenvalue weighted by Crippen LogP contribution is 2.29. The molecule has 0 aliphatic rings. The van der Waals surface area contributed by atoms with Gasteiger partial charge in [-0.3, -0.25) is 5.10 Å². The van der Waals surface area contributed by atoms with Crippen LogP contribution < -0.4 is 0 Å². The van der Waals surface area contributed by atoms with E-state index in [4.69, 9.17) is 0 Å². The van der Waals surface area contributed by atoms with Crippen LogP contribution in [0.15, 0.2) is 42.6 Å². The van der Waals surface area contributed by atoms with E-state index >= 15 is 0 Å². The molecule has 0 bridgehead atoms. The number of rotatable bonds is 2. The van der Waals surface area contributed by atoms with Crippen molar-refractivity contribution >= 4 is 0 Å². The largest absolute Gasteiger partial charge is 0.285 e. The lowest BCUT2D eigenvalue weighted by Gasteiger charge is -2.22. The molecule has 0 spiro atoms.